The number of nitro benzene ring substituents is 1. The van der Waals surface area contributed by atoms with Gasteiger partial charge in [-0.15, -0.1) is 0 Å². The minimum atomic E-state index is -0.426. The van der Waals surface area contributed by atoms with Crippen LogP contribution in [0.5, 0.6) is 0 Å². The number of hydrogen-bond donors (Lipinski definition) is 0. The number of hydrogen-bond acceptors (Lipinski definition) is 2. The van der Waals surface area contributed by atoms with Gasteiger partial charge in [0.15, 0.2) is 0 Å². The van der Waals surface area contributed by atoms with E-state index in [9.17, 15) is 10.1 Å². The standard InChI is InChI=1S/C13H8Cl3NO2/c1-7-2-3-8(6-11(7)17(18)19)9-4-5-10(14)13(16)12(9)15/h2-6H,1H3. The molecule has 0 spiro atoms. The minimum Gasteiger partial charge on any atom is -0.258 e. The number of nitrogens with zero attached hydrogens (tertiary/aromatic N) is 1. The molecule has 2 aromatic carbocycles. The molecule has 0 fully saturated rings. The first-order valence-corrected chi connectivity index (χ1v) is 6.44. The molecule has 0 atom stereocenters. The maximum Gasteiger partial charge on any atom is 0.272 e. The zero-order chi connectivity index (χ0) is 14.2. The van der Waals surface area contributed by atoms with Gasteiger partial charge in [-0.3, -0.25) is 10.1 Å². The molecule has 0 aliphatic rings. The van der Waals surface area contributed by atoms with E-state index in [1.807, 2.05) is 0 Å². The molecular formula is C13H8Cl3NO2. The molecule has 0 amide bonds. The smallest absolute Gasteiger partial charge is 0.258 e. The number of rotatable bonds is 2. The van der Waals surface area contributed by atoms with Crippen LogP contribution in [0.1, 0.15) is 5.56 Å². The van der Waals surface area contributed by atoms with Crippen LogP contribution >= 0.6 is 34.8 Å². The molecule has 0 saturated heterocycles. The van der Waals surface area contributed by atoms with Crippen LogP contribution < -0.4 is 0 Å². The van der Waals surface area contributed by atoms with Crippen molar-refractivity contribution < 1.29 is 4.92 Å². The lowest BCUT2D eigenvalue weighted by Crippen LogP contribution is -1.92. The summed E-state index contributed by atoms with van der Waals surface area (Å²) in [6.45, 7) is 1.68. The Labute approximate surface area is 124 Å². The Morgan fingerprint density at radius 1 is 1.05 bits per heavy atom. The fourth-order valence-corrected chi connectivity index (χ4v) is 2.37. The van der Waals surface area contributed by atoms with E-state index < -0.39 is 4.92 Å². The number of halogens is 3. The lowest BCUT2D eigenvalue weighted by molar-refractivity contribution is -0.385. The highest BCUT2D eigenvalue weighted by molar-refractivity contribution is 6.49. The van der Waals surface area contributed by atoms with Crippen LogP contribution in [0.4, 0.5) is 5.69 Å². The molecule has 0 aliphatic heterocycles. The third kappa shape index (κ3) is 2.68. The second-order valence-corrected chi connectivity index (χ2v) is 5.14. The lowest BCUT2D eigenvalue weighted by atomic mass is 10.0. The van der Waals surface area contributed by atoms with E-state index in [0.717, 1.165) is 0 Å². The van der Waals surface area contributed by atoms with Gasteiger partial charge >= 0.3 is 0 Å². The van der Waals surface area contributed by atoms with E-state index in [-0.39, 0.29) is 15.7 Å². The third-order valence-corrected chi connectivity index (χ3v) is 4.05. The zero-order valence-electron chi connectivity index (χ0n) is 9.78. The summed E-state index contributed by atoms with van der Waals surface area (Å²) < 4.78 is 0. The Hall–Kier alpha value is -1.29. The van der Waals surface area contributed by atoms with Gasteiger partial charge in [-0.2, -0.15) is 0 Å². The van der Waals surface area contributed by atoms with Gasteiger partial charge in [-0.25, -0.2) is 0 Å². The van der Waals surface area contributed by atoms with Crippen molar-refractivity contribution in [2.24, 2.45) is 0 Å². The van der Waals surface area contributed by atoms with Gasteiger partial charge in [-0.05, 0) is 18.6 Å². The molecule has 3 nitrogen and oxygen atoms in total. The van der Waals surface area contributed by atoms with Crippen molar-refractivity contribution in [3.8, 4) is 11.1 Å². The molecule has 0 aromatic heterocycles. The van der Waals surface area contributed by atoms with Crippen molar-refractivity contribution in [2.75, 3.05) is 0 Å². The van der Waals surface area contributed by atoms with Crippen molar-refractivity contribution in [2.45, 2.75) is 6.92 Å². The third-order valence-electron chi connectivity index (χ3n) is 2.75. The van der Waals surface area contributed by atoms with Gasteiger partial charge in [-0.1, -0.05) is 53.0 Å². The molecule has 0 saturated carbocycles. The maximum atomic E-state index is 10.9. The molecule has 0 heterocycles. The van der Waals surface area contributed by atoms with Crippen molar-refractivity contribution in [3.05, 3.63) is 61.1 Å². The second kappa shape index (κ2) is 5.37. The molecule has 2 rings (SSSR count). The van der Waals surface area contributed by atoms with Gasteiger partial charge < -0.3 is 0 Å². The monoisotopic (exact) mass is 315 g/mol. The lowest BCUT2D eigenvalue weighted by Gasteiger charge is -2.08. The first-order chi connectivity index (χ1) is 8.91. The second-order valence-electron chi connectivity index (χ2n) is 3.98. The first-order valence-electron chi connectivity index (χ1n) is 5.30. The Kier molecular flexibility index (Phi) is 3.99. The Bertz CT molecular complexity index is 671. The van der Waals surface area contributed by atoms with Crippen LogP contribution in [-0.2, 0) is 0 Å². The molecule has 98 valence electrons. The van der Waals surface area contributed by atoms with E-state index in [4.69, 9.17) is 34.8 Å². The molecule has 6 heteroatoms. The largest absolute Gasteiger partial charge is 0.272 e. The van der Waals surface area contributed by atoms with E-state index in [2.05, 4.69) is 0 Å². The van der Waals surface area contributed by atoms with Crippen molar-refractivity contribution in [1.29, 1.82) is 0 Å². The molecule has 0 radical (unpaired) electrons. The van der Waals surface area contributed by atoms with E-state index in [1.165, 1.54) is 6.07 Å². The quantitative estimate of drug-likeness (QED) is 0.415. The Morgan fingerprint density at radius 3 is 2.37 bits per heavy atom. The summed E-state index contributed by atoms with van der Waals surface area (Å²) in [6, 6.07) is 8.20. The van der Waals surface area contributed by atoms with Crippen LogP contribution in [0.3, 0.4) is 0 Å². The molecule has 0 aliphatic carbocycles. The van der Waals surface area contributed by atoms with Gasteiger partial charge in [0.05, 0.1) is 20.0 Å². The highest BCUT2D eigenvalue weighted by Gasteiger charge is 2.15. The van der Waals surface area contributed by atoms with Crippen LogP contribution in [0.2, 0.25) is 15.1 Å². The topological polar surface area (TPSA) is 43.1 Å². The molecule has 19 heavy (non-hydrogen) atoms. The van der Waals surface area contributed by atoms with Crippen LogP contribution in [0.15, 0.2) is 30.3 Å². The summed E-state index contributed by atoms with van der Waals surface area (Å²) in [5, 5.41) is 11.8. The average Bonchev–Trinajstić information content (AvgIpc) is 2.37. The normalized spacial score (nSPS) is 10.5. The highest BCUT2D eigenvalue weighted by Crippen LogP contribution is 2.39. The Balaban J connectivity index is 2.63. The van der Waals surface area contributed by atoms with E-state index >= 15 is 0 Å². The van der Waals surface area contributed by atoms with E-state index in [1.54, 1.807) is 31.2 Å². The van der Waals surface area contributed by atoms with Gasteiger partial charge in [0.1, 0.15) is 0 Å². The van der Waals surface area contributed by atoms with Crippen molar-refractivity contribution in [3.63, 3.8) is 0 Å². The fraction of sp³-hybridized carbons (Fsp3) is 0.0769. The van der Waals surface area contributed by atoms with Gasteiger partial charge in [0.25, 0.3) is 5.69 Å². The van der Waals surface area contributed by atoms with Crippen LogP contribution in [-0.4, -0.2) is 4.92 Å². The van der Waals surface area contributed by atoms with E-state index in [0.29, 0.717) is 21.7 Å². The predicted molar refractivity (Wildman–Crippen MR) is 78.3 cm³/mol. The minimum absolute atomic E-state index is 0.0413. The van der Waals surface area contributed by atoms with Crippen LogP contribution in [0.25, 0.3) is 11.1 Å². The van der Waals surface area contributed by atoms with Gasteiger partial charge in [0, 0.05) is 17.2 Å². The maximum absolute atomic E-state index is 10.9. The number of nitro groups is 1. The number of benzene rings is 2. The zero-order valence-corrected chi connectivity index (χ0v) is 12.1. The molecular weight excluding hydrogens is 309 g/mol. The Morgan fingerprint density at radius 2 is 1.74 bits per heavy atom. The fourth-order valence-electron chi connectivity index (χ4n) is 1.72. The SMILES string of the molecule is Cc1ccc(-c2ccc(Cl)c(Cl)c2Cl)cc1[N+](=O)[O-]. The summed E-state index contributed by atoms with van der Waals surface area (Å²) >= 11 is 17.9. The summed E-state index contributed by atoms with van der Waals surface area (Å²) in [6.07, 6.45) is 0. The number of aryl methyl sites for hydroxylation is 1. The van der Waals surface area contributed by atoms with Crippen LogP contribution in [0, 0.1) is 17.0 Å². The highest BCUT2D eigenvalue weighted by atomic mass is 35.5. The molecule has 2 aromatic rings. The predicted octanol–water partition coefficient (Wildman–Crippen LogP) is 5.53. The van der Waals surface area contributed by atoms with Crippen molar-refractivity contribution >= 4 is 40.5 Å². The first kappa shape index (κ1) is 14.1. The summed E-state index contributed by atoms with van der Waals surface area (Å²) in [4.78, 5) is 10.5. The average molecular weight is 317 g/mol. The molecule has 0 N–H and O–H groups in total. The summed E-state index contributed by atoms with van der Waals surface area (Å²) in [7, 11) is 0. The summed E-state index contributed by atoms with van der Waals surface area (Å²) in [5.74, 6) is 0. The molecule has 0 bridgehead atoms. The molecule has 0 unspecified atom stereocenters. The summed E-state index contributed by atoms with van der Waals surface area (Å²) in [5.41, 5.74) is 1.87. The van der Waals surface area contributed by atoms with Crippen molar-refractivity contribution in [1.82, 2.24) is 0 Å². The van der Waals surface area contributed by atoms with Gasteiger partial charge in [0.2, 0.25) is 0 Å².